The summed E-state index contributed by atoms with van der Waals surface area (Å²) in [5.41, 5.74) is 1.80. The largest absolute Gasteiger partial charge is 0.479 e. The van der Waals surface area contributed by atoms with Gasteiger partial charge in [0.15, 0.2) is 5.82 Å². The Hall–Kier alpha value is -3.00. The van der Waals surface area contributed by atoms with Gasteiger partial charge in [-0.1, -0.05) is 43.7 Å². The Morgan fingerprint density at radius 3 is 2.51 bits per heavy atom. The van der Waals surface area contributed by atoms with Crippen LogP contribution in [0.25, 0.3) is 0 Å². The number of ether oxygens (including phenoxy) is 1. The standard InChI is InChI=1S/C29H40N6O2/c1-5-33(3)29(23-12-7-6-8-13-23)16-14-28(15-17-29)21-34(27(36)35(28)20-22-10-9-11-22)24-18-31-25(19-30-2)32-26(24)37-4/h6-8,12-13,18,22H,2,5,9-11,14-17,19-21H2,1,3-4H3. The van der Waals surface area contributed by atoms with Crippen LogP contribution >= 0.6 is 0 Å². The first-order valence-electron chi connectivity index (χ1n) is 13.6. The summed E-state index contributed by atoms with van der Waals surface area (Å²) in [6.45, 7) is 8.54. The fraction of sp³-hybridized carbons (Fsp3) is 0.586. The summed E-state index contributed by atoms with van der Waals surface area (Å²) in [4.78, 5) is 33.5. The average Bonchev–Trinajstić information content (AvgIpc) is 3.17. The molecule has 0 atom stereocenters. The summed E-state index contributed by atoms with van der Waals surface area (Å²) in [5.74, 6) is 1.55. The highest BCUT2D eigenvalue weighted by Gasteiger charge is 2.55. The number of carbonyl (C=O) groups excluding carboxylic acids is 1. The third kappa shape index (κ3) is 4.49. The Morgan fingerprint density at radius 2 is 1.92 bits per heavy atom. The zero-order chi connectivity index (χ0) is 26.0. The third-order valence-corrected chi connectivity index (χ3v) is 9.20. The highest BCUT2D eigenvalue weighted by molar-refractivity contribution is 5.96. The topological polar surface area (TPSA) is 74.2 Å². The minimum atomic E-state index is -0.202. The number of anilines is 1. The van der Waals surface area contributed by atoms with Crippen LogP contribution in [0.15, 0.2) is 41.5 Å². The molecule has 8 nitrogen and oxygen atoms in total. The van der Waals surface area contributed by atoms with Crippen molar-refractivity contribution >= 4 is 18.4 Å². The SMILES string of the molecule is C=NCc1ncc(N2CC3(CCC(c4ccccc4)(N(C)CC)CC3)N(CC3CCC3)C2=O)c(OC)n1. The van der Waals surface area contributed by atoms with Gasteiger partial charge < -0.3 is 9.64 Å². The number of amides is 2. The average molecular weight is 505 g/mol. The number of benzene rings is 1. The normalized spacial score (nSPS) is 26.1. The Balaban J connectivity index is 1.47. The van der Waals surface area contributed by atoms with E-state index in [-0.39, 0.29) is 17.1 Å². The van der Waals surface area contributed by atoms with Crippen LogP contribution < -0.4 is 9.64 Å². The molecular formula is C29H40N6O2. The Bertz CT molecular complexity index is 1110. The number of carbonyl (C=O) groups is 1. The van der Waals surface area contributed by atoms with Crippen LogP contribution in [0.2, 0.25) is 0 Å². The van der Waals surface area contributed by atoms with E-state index < -0.39 is 0 Å². The Labute approximate surface area is 220 Å². The molecule has 1 aromatic heterocycles. The molecule has 1 aliphatic heterocycles. The van der Waals surface area contributed by atoms with E-state index >= 15 is 0 Å². The van der Waals surface area contributed by atoms with Gasteiger partial charge in [-0.25, -0.2) is 9.78 Å². The van der Waals surface area contributed by atoms with Gasteiger partial charge in [0.25, 0.3) is 0 Å². The highest BCUT2D eigenvalue weighted by Crippen LogP contribution is 2.51. The second-order valence-electron chi connectivity index (χ2n) is 11.0. The van der Waals surface area contributed by atoms with E-state index in [1.165, 1.54) is 24.8 Å². The number of hydrogen-bond acceptors (Lipinski definition) is 6. The molecule has 1 spiro atoms. The van der Waals surface area contributed by atoms with Crippen molar-refractivity contribution in [3.8, 4) is 5.88 Å². The molecule has 2 amide bonds. The van der Waals surface area contributed by atoms with Crippen molar-refractivity contribution < 1.29 is 9.53 Å². The lowest BCUT2D eigenvalue weighted by Gasteiger charge is -2.52. The van der Waals surface area contributed by atoms with E-state index in [4.69, 9.17) is 4.74 Å². The maximum atomic E-state index is 14.1. The zero-order valence-corrected chi connectivity index (χ0v) is 22.5. The lowest BCUT2D eigenvalue weighted by Crippen LogP contribution is -2.57. The number of methoxy groups -OCH3 is 1. The number of nitrogens with zero attached hydrogens (tertiary/aromatic N) is 6. The smallest absolute Gasteiger partial charge is 0.325 e. The molecule has 37 heavy (non-hydrogen) atoms. The molecule has 2 aromatic rings. The quantitative estimate of drug-likeness (QED) is 0.455. The van der Waals surface area contributed by atoms with Crippen molar-refractivity contribution in [1.29, 1.82) is 0 Å². The zero-order valence-electron chi connectivity index (χ0n) is 22.5. The van der Waals surface area contributed by atoms with Crippen molar-refractivity contribution in [2.75, 3.05) is 38.7 Å². The monoisotopic (exact) mass is 504 g/mol. The molecule has 8 heteroatoms. The second-order valence-corrected chi connectivity index (χ2v) is 11.0. The molecule has 2 aliphatic carbocycles. The van der Waals surface area contributed by atoms with E-state index in [0.29, 0.717) is 36.4 Å². The van der Waals surface area contributed by atoms with E-state index in [2.05, 4.69) is 75.8 Å². The van der Waals surface area contributed by atoms with Gasteiger partial charge >= 0.3 is 6.03 Å². The lowest BCUT2D eigenvalue weighted by atomic mass is 9.68. The Morgan fingerprint density at radius 1 is 1.19 bits per heavy atom. The van der Waals surface area contributed by atoms with Crippen LogP contribution in [0.3, 0.4) is 0 Å². The van der Waals surface area contributed by atoms with Crippen molar-refractivity contribution in [1.82, 2.24) is 19.8 Å². The maximum absolute atomic E-state index is 14.1. The van der Waals surface area contributed by atoms with E-state index in [0.717, 1.165) is 38.8 Å². The van der Waals surface area contributed by atoms with Crippen LogP contribution in [0.5, 0.6) is 5.88 Å². The summed E-state index contributed by atoms with van der Waals surface area (Å²) in [6, 6.07) is 11.0. The number of rotatable bonds is 9. The predicted molar refractivity (Wildman–Crippen MR) is 146 cm³/mol. The minimum Gasteiger partial charge on any atom is -0.479 e. The van der Waals surface area contributed by atoms with Gasteiger partial charge in [-0.15, -0.1) is 0 Å². The van der Waals surface area contributed by atoms with Gasteiger partial charge in [0.05, 0.1) is 31.9 Å². The first-order chi connectivity index (χ1) is 18.0. The molecule has 0 N–H and O–H groups in total. The number of aromatic nitrogens is 2. The lowest BCUT2D eigenvalue weighted by molar-refractivity contribution is 0.00833. The van der Waals surface area contributed by atoms with Gasteiger partial charge in [0.2, 0.25) is 5.88 Å². The minimum absolute atomic E-state index is 0.0139. The van der Waals surface area contributed by atoms with Gasteiger partial charge in [0.1, 0.15) is 5.69 Å². The van der Waals surface area contributed by atoms with Gasteiger partial charge in [0, 0.05) is 12.1 Å². The first kappa shape index (κ1) is 25.6. The third-order valence-electron chi connectivity index (χ3n) is 9.20. The van der Waals surface area contributed by atoms with Crippen molar-refractivity contribution in [3.63, 3.8) is 0 Å². The van der Waals surface area contributed by atoms with Crippen LogP contribution in [-0.2, 0) is 12.1 Å². The van der Waals surface area contributed by atoms with Gasteiger partial charge in [-0.3, -0.25) is 14.8 Å². The van der Waals surface area contributed by atoms with E-state index in [1.54, 1.807) is 13.3 Å². The van der Waals surface area contributed by atoms with Gasteiger partial charge in [-0.05, 0) is 70.3 Å². The van der Waals surface area contributed by atoms with Crippen LogP contribution in [0.4, 0.5) is 10.5 Å². The second kappa shape index (κ2) is 10.4. The molecule has 0 unspecified atom stereocenters. The van der Waals surface area contributed by atoms with Crippen LogP contribution in [0.1, 0.15) is 63.3 Å². The molecular weight excluding hydrogens is 464 g/mol. The molecule has 0 radical (unpaired) electrons. The molecule has 198 valence electrons. The molecule has 5 rings (SSSR count). The first-order valence-corrected chi connectivity index (χ1v) is 13.6. The summed E-state index contributed by atoms with van der Waals surface area (Å²) in [7, 11) is 3.83. The predicted octanol–water partition coefficient (Wildman–Crippen LogP) is 4.89. The molecule has 1 saturated heterocycles. The molecule has 1 aromatic carbocycles. The maximum Gasteiger partial charge on any atom is 0.325 e. The summed E-state index contributed by atoms with van der Waals surface area (Å²) in [6.07, 6.45) is 9.35. The fourth-order valence-corrected chi connectivity index (χ4v) is 6.59. The molecule has 2 heterocycles. The number of aliphatic imine (C=N–C) groups is 1. The summed E-state index contributed by atoms with van der Waals surface area (Å²) < 4.78 is 5.62. The van der Waals surface area contributed by atoms with Gasteiger partial charge in [-0.2, -0.15) is 4.98 Å². The van der Waals surface area contributed by atoms with Crippen molar-refractivity contribution in [2.45, 2.75) is 69.5 Å². The molecule has 2 saturated carbocycles. The van der Waals surface area contributed by atoms with Crippen LogP contribution in [-0.4, -0.2) is 71.8 Å². The summed E-state index contributed by atoms with van der Waals surface area (Å²) in [5, 5.41) is 0. The van der Waals surface area contributed by atoms with Crippen molar-refractivity contribution in [3.05, 3.63) is 47.9 Å². The van der Waals surface area contributed by atoms with E-state index in [9.17, 15) is 4.79 Å². The molecule has 3 fully saturated rings. The van der Waals surface area contributed by atoms with Crippen molar-refractivity contribution in [2.24, 2.45) is 10.9 Å². The molecule has 3 aliphatic rings. The number of urea groups is 1. The van der Waals surface area contributed by atoms with Crippen LogP contribution in [0, 0.1) is 5.92 Å². The Kier molecular flexibility index (Phi) is 7.21. The molecule has 0 bridgehead atoms. The highest BCUT2D eigenvalue weighted by atomic mass is 16.5. The number of hydrogen-bond donors (Lipinski definition) is 0. The summed E-state index contributed by atoms with van der Waals surface area (Å²) >= 11 is 0. The van der Waals surface area contributed by atoms with E-state index in [1.807, 2.05) is 4.90 Å². The fourth-order valence-electron chi connectivity index (χ4n) is 6.59.